The summed E-state index contributed by atoms with van der Waals surface area (Å²) in [6, 6.07) is 7.88. The third-order valence-corrected chi connectivity index (χ3v) is 2.40. The van der Waals surface area contributed by atoms with E-state index in [4.69, 9.17) is 0 Å². The van der Waals surface area contributed by atoms with Crippen molar-refractivity contribution in [2.75, 3.05) is 0 Å². The Hall–Kier alpha value is -0.630. The molecule has 1 nitrogen and oxygen atoms in total. The van der Waals surface area contributed by atoms with Crippen molar-refractivity contribution in [3.8, 4) is 0 Å². The molecule has 0 spiro atoms. The highest BCUT2D eigenvalue weighted by Gasteiger charge is 2.07. The molecule has 0 saturated heterocycles. The average Bonchev–Trinajstić information content (AvgIpc) is 2.04. The van der Waals surface area contributed by atoms with Crippen LogP contribution >= 0.6 is 15.9 Å². The normalized spacial score (nSPS) is 10.5. The van der Waals surface area contributed by atoms with Crippen LogP contribution in [0.5, 0.6) is 0 Å². The van der Waals surface area contributed by atoms with Gasteiger partial charge < -0.3 is 0 Å². The van der Waals surface area contributed by atoms with Gasteiger partial charge in [-0.3, -0.25) is 4.79 Å². The fraction of sp³-hybridized carbons (Fsp3) is 0.364. The summed E-state index contributed by atoms with van der Waals surface area (Å²) in [7, 11) is 0. The van der Waals surface area contributed by atoms with Crippen LogP contribution in [0.2, 0.25) is 0 Å². The summed E-state index contributed by atoms with van der Waals surface area (Å²) in [5.74, 6) is 0.414. The molecule has 1 aromatic carbocycles. The van der Waals surface area contributed by atoms with Gasteiger partial charge in [-0.2, -0.15) is 0 Å². The highest BCUT2D eigenvalue weighted by Crippen LogP contribution is 2.13. The summed E-state index contributed by atoms with van der Waals surface area (Å²) in [6.45, 7) is 3.86. The molecule has 0 unspecified atom stereocenters. The maximum absolute atomic E-state index is 11.4. The Morgan fingerprint density at radius 2 is 2.15 bits per heavy atom. The lowest BCUT2D eigenvalue weighted by Gasteiger charge is -2.03. The number of hydrogen-bond acceptors (Lipinski definition) is 1. The van der Waals surface area contributed by atoms with Gasteiger partial charge in [0.25, 0.3) is 0 Å². The number of rotatable bonds is 3. The van der Waals surface area contributed by atoms with Gasteiger partial charge in [-0.15, -0.1) is 0 Å². The van der Waals surface area contributed by atoms with E-state index in [0.29, 0.717) is 6.42 Å². The fourth-order valence-corrected chi connectivity index (χ4v) is 1.50. The van der Waals surface area contributed by atoms with E-state index >= 15 is 0 Å². The lowest BCUT2D eigenvalue weighted by atomic mass is 10.0. The predicted octanol–water partition coefficient (Wildman–Crippen LogP) is 3.22. The summed E-state index contributed by atoms with van der Waals surface area (Å²) in [5, 5.41) is 0. The van der Waals surface area contributed by atoms with E-state index in [1.807, 2.05) is 38.1 Å². The van der Waals surface area contributed by atoms with Crippen molar-refractivity contribution in [1.29, 1.82) is 0 Å². The highest BCUT2D eigenvalue weighted by molar-refractivity contribution is 9.10. The van der Waals surface area contributed by atoms with Gasteiger partial charge in [-0.25, -0.2) is 0 Å². The minimum atomic E-state index is 0.124. The molecule has 0 N–H and O–H groups in total. The molecule has 0 aliphatic heterocycles. The zero-order valence-electron chi connectivity index (χ0n) is 7.88. The predicted molar refractivity (Wildman–Crippen MR) is 57.7 cm³/mol. The van der Waals surface area contributed by atoms with Gasteiger partial charge in [-0.1, -0.05) is 41.9 Å². The molecule has 1 aromatic rings. The van der Waals surface area contributed by atoms with E-state index in [1.165, 1.54) is 0 Å². The first-order valence-electron chi connectivity index (χ1n) is 4.36. The van der Waals surface area contributed by atoms with Gasteiger partial charge in [0.05, 0.1) is 0 Å². The van der Waals surface area contributed by atoms with E-state index in [0.717, 1.165) is 10.0 Å². The van der Waals surface area contributed by atoms with Crippen molar-refractivity contribution in [2.24, 2.45) is 5.92 Å². The molecule has 0 fully saturated rings. The SMILES string of the molecule is CC(C)C(=O)Cc1cccc(Br)c1. The van der Waals surface area contributed by atoms with Crippen LogP contribution in [0.1, 0.15) is 19.4 Å². The van der Waals surface area contributed by atoms with Crippen molar-refractivity contribution >= 4 is 21.7 Å². The number of halogens is 1. The number of Topliss-reactive ketones (excluding diaryl/α,β-unsaturated/α-hetero) is 1. The van der Waals surface area contributed by atoms with E-state index in [1.54, 1.807) is 0 Å². The summed E-state index contributed by atoms with van der Waals surface area (Å²) < 4.78 is 1.03. The molecule has 0 heterocycles. The Kier molecular flexibility index (Phi) is 3.67. The molecule has 0 radical (unpaired) electrons. The van der Waals surface area contributed by atoms with Crippen LogP contribution < -0.4 is 0 Å². The van der Waals surface area contributed by atoms with Crippen molar-refractivity contribution in [2.45, 2.75) is 20.3 Å². The molecule has 2 heteroatoms. The fourth-order valence-electron chi connectivity index (χ4n) is 1.05. The number of benzene rings is 1. The van der Waals surface area contributed by atoms with E-state index in [9.17, 15) is 4.79 Å². The van der Waals surface area contributed by atoms with Crippen molar-refractivity contribution < 1.29 is 4.79 Å². The van der Waals surface area contributed by atoms with Gasteiger partial charge in [0, 0.05) is 16.8 Å². The standard InChI is InChI=1S/C11H13BrO/c1-8(2)11(13)7-9-4-3-5-10(12)6-9/h3-6,8H,7H2,1-2H3. The Morgan fingerprint density at radius 3 is 2.69 bits per heavy atom. The first-order valence-corrected chi connectivity index (χ1v) is 5.16. The molecule has 0 aliphatic carbocycles. The smallest absolute Gasteiger partial charge is 0.139 e. The minimum absolute atomic E-state index is 0.124. The van der Waals surface area contributed by atoms with E-state index in [-0.39, 0.29) is 11.7 Å². The number of hydrogen-bond donors (Lipinski definition) is 0. The lowest BCUT2D eigenvalue weighted by molar-refractivity contribution is -0.121. The Labute approximate surface area is 87.3 Å². The van der Waals surface area contributed by atoms with Crippen molar-refractivity contribution in [3.63, 3.8) is 0 Å². The third kappa shape index (κ3) is 3.31. The maximum Gasteiger partial charge on any atom is 0.139 e. The summed E-state index contributed by atoms with van der Waals surface area (Å²) in [6.07, 6.45) is 0.539. The lowest BCUT2D eigenvalue weighted by Crippen LogP contribution is -2.09. The largest absolute Gasteiger partial charge is 0.299 e. The molecule has 0 atom stereocenters. The second-order valence-electron chi connectivity index (χ2n) is 3.43. The maximum atomic E-state index is 11.4. The summed E-state index contributed by atoms with van der Waals surface area (Å²) in [4.78, 5) is 11.4. The molecule has 70 valence electrons. The topological polar surface area (TPSA) is 17.1 Å². The summed E-state index contributed by atoms with van der Waals surface area (Å²) in [5.41, 5.74) is 1.08. The van der Waals surface area contributed by atoms with Crippen LogP contribution in [0.4, 0.5) is 0 Å². The van der Waals surface area contributed by atoms with Gasteiger partial charge in [0.15, 0.2) is 0 Å². The molecule has 13 heavy (non-hydrogen) atoms. The Balaban J connectivity index is 2.69. The molecule has 0 amide bonds. The molecule has 0 aromatic heterocycles. The van der Waals surface area contributed by atoms with Crippen molar-refractivity contribution in [1.82, 2.24) is 0 Å². The zero-order valence-corrected chi connectivity index (χ0v) is 9.47. The van der Waals surface area contributed by atoms with Crippen LogP contribution in [0, 0.1) is 5.92 Å². The van der Waals surface area contributed by atoms with Crippen LogP contribution in [-0.4, -0.2) is 5.78 Å². The minimum Gasteiger partial charge on any atom is -0.299 e. The zero-order chi connectivity index (χ0) is 9.84. The molecule has 0 saturated carbocycles. The van der Waals surface area contributed by atoms with E-state index < -0.39 is 0 Å². The number of ketones is 1. The average molecular weight is 241 g/mol. The second kappa shape index (κ2) is 4.56. The number of carbonyl (C=O) groups is 1. The molecular formula is C11H13BrO. The monoisotopic (exact) mass is 240 g/mol. The van der Waals surface area contributed by atoms with Gasteiger partial charge in [-0.05, 0) is 17.7 Å². The van der Waals surface area contributed by atoms with Crippen LogP contribution in [-0.2, 0) is 11.2 Å². The highest BCUT2D eigenvalue weighted by atomic mass is 79.9. The van der Waals surface area contributed by atoms with Crippen LogP contribution in [0.15, 0.2) is 28.7 Å². The second-order valence-corrected chi connectivity index (χ2v) is 4.34. The first kappa shape index (κ1) is 10.5. The van der Waals surface area contributed by atoms with E-state index in [2.05, 4.69) is 15.9 Å². The Morgan fingerprint density at radius 1 is 1.46 bits per heavy atom. The van der Waals surface area contributed by atoms with Crippen LogP contribution in [0.25, 0.3) is 0 Å². The third-order valence-electron chi connectivity index (χ3n) is 1.91. The molecule has 1 rings (SSSR count). The van der Waals surface area contributed by atoms with Crippen molar-refractivity contribution in [3.05, 3.63) is 34.3 Å². The Bertz CT molecular complexity index is 305. The molecular weight excluding hydrogens is 228 g/mol. The van der Waals surface area contributed by atoms with Gasteiger partial charge >= 0.3 is 0 Å². The van der Waals surface area contributed by atoms with Gasteiger partial charge in [0.1, 0.15) is 5.78 Å². The van der Waals surface area contributed by atoms with Gasteiger partial charge in [0.2, 0.25) is 0 Å². The molecule has 0 aliphatic rings. The molecule has 0 bridgehead atoms. The number of carbonyl (C=O) groups excluding carboxylic acids is 1. The quantitative estimate of drug-likeness (QED) is 0.794. The van der Waals surface area contributed by atoms with Crippen LogP contribution in [0.3, 0.4) is 0 Å². The first-order chi connectivity index (χ1) is 6.09. The summed E-state index contributed by atoms with van der Waals surface area (Å²) >= 11 is 3.38.